The van der Waals surface area contributed by atoms with Crippen LogP contribution in [0.1, 0.15) is 15.4 Å². The quantitative estimate of drug-likeness (QED) is 0.429. The molecular weight excluding hydrogens is 389 g/mol. The second-order valence-corrected chi connectivity index (χ2v) is 7.56. The molecule has 6 heteroatoms. The van der Waals surface area contributed by atoms with Gasteiger partial charge in [-0.25, -0.2) is 0 Å². The van der Waals surface area contributed by atoms with Gasteiger partial charge in [-0.3, -0.25) is 4.79 Å². The Kier molecular flexibility index (Phi) is 4.72. The maximum Gasteiger partial charge on any atom is 0.263 e. The van der Waals surface area contributed by atoms with E-state index >= 15 is 0 Å². The van der Waals surface area contributed by atoms with Gasteiger partial charge < -0.3 is 9.73 Å². The number of nitrogens with one attached hydrogen (secondary N) is 1. The average Bonchev–Trinajstić information content (AvgIpc) is 3.26. The SMILES string of the molecule is O=C(NCc1ccc(-c2ccc(Cl)cc2)o1)c1sc2ccccc2c1Cl. The van der Waals surface area contributed by atoms with E-state index in [4.69, 9.17) is 27.6 Å². The first-order chi connectivity index (χ1) is 12.6. The molecule has 0 saturated carbocycles. The van der Waals surface area contributed by atoms with Crippen LogP contribution < -0.4 is 5.32 Å². The van der Waals surface area contributed by atoms with Gasteiger partial charge in [-0.05, 0) is 42.5 Å². The van der Waals surface area contributed by atoms with Crippen LogP contribution in [0, 0.1) is 0 Å². The third-order valence-corrected chi connectivity index (χ3v) is 5.88. The molecule has 0 aliphatic heterocycles. The number of thiophene rings is 1. The van der Waals surface area contributed by atoms with Gasteiger partial charge in [0, 0.05) is 20.7 Å². The van der Waals surface area contributed by atoms with Crippen LogP contribution >= 0.6 is 34.5 Å². The molecule has 0 aliphatic rings. The van der Waals surface area contributed by atoms with Crippen LogP contribution in [0.3, 0.4) is 0 Å². The summed E-state index contributed by atoms with van der Waals surface area (Å²) >= 11 is 13.6. The van der Waals surface area contributed by atoms with E-state index in [-0.39, 0.29) is 12.5 Å². The molecule has 4 rings (SSSR count). The molecule has 2 heterocycles. The smallest absolute Gasteiger partial charge is 0.263 e. The van der Waals surface area contributed by atoms with Gasteiger partial charge in [-0.1, -0.05) is 41.4 Å². The fourth-order valence-corrected chi connectivity index (χ4v) is 4.21. The van der Waals surface area contributed by atoms with Crippen molar-refractivity contribution in [1.82, 2.24) is 5.32 Å². The van der Waals surface area contributed by atoms with Crippen LogP contribution in [0.4, 0.5) is 0 Å². The summed E-state index contributed by atoms with van der Waals surface area (Å²) in [4.78, 5) is 13.0. The number of rotatable bonds is 4. The normalized spacial score (nSPS) is 11.0. The molecule has 0 atom stereocenters. The maximum absolute atomic E-state index is 12.5. The molecule has 4 aromatic rings. The molecule has 0 saturated heterocycles. The molecule has 0 bridgehead atoms. The van der Waals surface area contributed by atoms with Gasteiger partial charge in [-0.2, -0.15) is 0 Å². The summed E-state index contributed by atoms with van der Waals surface area (Å²) in [5, 5.41) is 4.92. The molecule has 0 unspecified atom stereocenters. The van der Waals surface area contributed by atoms with E-state index in [1.807, 2.05) is 60.7 Å². The third-order valence-electron chi connectivity index (χ3n) is 3.95. The van der Waals surface area contributed by atoms with Gasteiger partial charge in [0.15, 0.2) is 0 Å². The van der Waals surface area contributed by atoms with Crippen LogP contribution in [0.5, 0.6) is 0 Å². The van der Waals surface area contributed by atoms with Crippen molar-refractivity contribution in [3.8, 4) is 11.3 Å². The summed E-state index contributed by atoms with van der Waals surface area (Å²) in [6.07, 6.45) is 0. The topological polar surface area (TPSA) is 42.2 Å². The lowest BCUT2D eigenvalue weighted by molar-refractivity contribution is 0.0952. The fourth-order valence-electron chi connectivity index (χ4n) is 2.65. The summed E-state index contributed by atoms with van der Waals surface area (Å²) in [5.41, 5.74) is 0.930. The zero-order chi connectivity index (χ0) is 18.1. The Hall–Kier alpha value is -2.27. The molecule has 0 radical (unpaired) electrons. The fraction of sp³-hybridized carbons (Fsp3) is 0.0500. The first-order valence-electron chi connectivity index (χ1n) is 7.92. The van der Waals surface area contributed by atoms with Crippen LogP contribution in [0.15, 0.2) is 65.1 Å². The van der Waals surface area contributed by atoms with Crippen LogP contribution in [0.25, 0.3) is 21.4 Å². The minimum atomic E-state index is -0.208. The van der Waals surface area contributed by atoms with Crippen molar-refractivity contribution < 1.29 is 9.21 Å². The van der Waals surface area contributed by atoms with Gasteiger partial charge in [0.25, 0.3) is 5.91 Å². The molecule has 130 valence electrons. The molecule has 0 aliphatic carbocycles. The molecule has 0 fully saturated rings. The molecule has 2 aromatic carbocycles. The number of carbonyl (C=O) groups is 1. The standard InChI is InChI=1S/C20H13Cl2NO2S/c21-13-7-5-12(6-8-13)16-10-9-14(25-16)11-23-20(24)19-18(22)15-3-1-2-4-17(15)26-19/h1-10H,11H2,(H,23,24). The number of carbonyl (C=O) groups excluding carboxylic acids is 1. The van der Waals surface area contributed by atoms with Crippen molar-refractivity contribution in [2.24, 2.45) is 0 Å². The van der Waals surface area contributed by atoms with E-state index < -0.39 is 0 Å². The second-order valence-electron chi connectivity index (χ2n) is 5.70. The number of amides is 1. The molecule has 1 N–H and O–H groups in total. The highest BCUT2D eigenvalue weighted by atomic mass is 35.5. The van der Waals surface area contributed by atoms with Gasteiger partial charge in [0.1, 0.15) is 16.4 Å². The van der Waals surface area contributed by atoms with E-state index in [0.717, 1.165) is 21.4 Å². The predicted octanol–water partition coefficient (Wildman–Crippen LogP) is 6.40. The Balaban J connectivity index is 1.47. The largest absolute Gasteiger partial charge is 0.459 e. The van der Waals surface area contributed by atoms with Crippen LogP contribution in [0.2, 0.25) is 10.0 Å². The highest BCUT2D eigenvalue weighted by Gasteiger charge is 2.17. The van der Waals surface area contributed by atoms with Gasteiger partial charge in [-0.15, -0.1) is 11.3 Å². The number of benzene rings is 2. The van der Waals surface area contributed by atoms with Crippen molar-refractivity contribution in [1.29, 1.82) is 0 Å². The summed E-state index contributed by atoms with van der Waals surface area (Å²) in [6.45, 7) is 0.289. The lowest BCUT2D eigenvalue weighted by Gasteiger charge is -2.02. The van der Waals surface area contributed by atoms with E-state index in [0.29, 0.717) is 20.7 Å². The Bertz CT molecular complexity index is 1080. The first-order valence-corrected chi connectivity index (χ1v) is 9.49. The predicted molar refractivity (Wildman–Crippen MR) is 107 cm³/mol. The van der Waals surface area contributed by atoms with Crippen molar-refractivity contribution in [3.05, 3.63) is 81.3 Å². The van der Waals surface area contributed by atoms with Crippen molar-refractivity contribution in [3.63, 3.8) is 0 Å². The Morgan fingerprint density at radius 2 is 1.77 bits per heavy atom. The summed E-state index contributed by atoms with van der Waals surface area (Å²) in [7, 11) is 0. The summed E-state index contributed by atoms with van der Waals surface area (Å²) in [6, 6.07) is 18.8. The van der Waals surface area contributed by atoms with Crippen molar-refractivity contribution >= 4 is 50.5 Å². The van der Waals surface area contributed by atoms with Gasteiger partial charge in [0.05, 0.1) is 11.6 Å². The minimum absolute atomic E-state index is 0.208. The van der Waals surface area contributed by atoms with E-state index in [1.54, 1.807) is 0 Å². The third kappa shape index (κ3) is 3.36. The van der Waals surface area contributed by atoms with E-state index in [9.17, 15) is 4.79 Å². The van der Waals surface area contributed by atoms with Crippen LogP contribution in [-0.4, -0.2) is 5.91 Å². The highest BCUT2D eigenvalue weighted by Crippen LogP contribution is 2.35. The number of hydrogen-bond donors (Lipinski definition) is 1. The second kappa shape index (κ2) is 7.16. The zero-order valence-electron chi connectivity index (χ0n) is 13.5. The van der Waals surface area contributed by atoms with Crippen LogP contribution in [-0.2, 0) is 6.54 Å². The molecular formula is C20H13Cl2NO2S. The van der Waals surface area contributed by atoms with Crippen molar-refractivity contribution in [2.75, 3.05) is 0 Å². The molecule has 1 amide bonds. The zero-order valence-corrected chi connectivity index (χ0v) is 15.8. The minimum Gasteiger partial charge on any atom is -0.459 e. The lowest BCUT2D eigenvalue weighted by atomic mass is 10.2. The summed E-state index contributed by atoms with van der Waals surface area (Å²) in [5.74, 6) is 1.19. The van der Waals surface area contributed by atoms with Gasteiger partial charge in [0.2, 0.25) is 0 Å². The molecule has 3 nitrogen and oxygen atoms in total. The monoisotopic (exact) mass is 401 g/mol. The Morgan fingerprint density at radius 3 is 2.54 bits per heavy atom. The number of furan rings is 1. The number of fused-ring (bicyclic) bond motifs is 1. The highest BCUT2D eigenvalue weighted by molar-refractivity contribution is 7.21. The Labute approximate surface area is 164 Å². The summed E-state index contributed by atoms with van der Waals surface area (Å²) < 4.78 is 6.79. The molecule has 2 aromatic heterocycles. The van der Waals surface area contributed by atoms with E-state index in [2.05, 4.69) is 5.32 Å². The molecule has 26 heavy (non-hydrogen) atoms. The molecule has 0 spiro atoms. The van der Waals surface area contributed by atoms with E-state index in [1.165, 1.54) is 11.3 Å². The first kappa shape index (κ1) is 17.2. The Morgan fingerprint density at radius 1 is 1.00 bits per heavy atom. The maximum atomic E-state index is 12.5. The van der Waals surface area contributed by atoms with Gasteiger partial charge >= 0.3 is 0 Å². The number of hydrogen-bond acceptors (Lipinski definition) is 3. The average molecular weight is 402 g/mol. The van der Waals surface area contributed by atoms with Crippen molar-refractivity contribution in [2.45, 2.75) is 6.54 Å². The lowest BCUT2D eigenvalue weighted by Crippen LogP contribution is -2.21. The number of halogens is 2.